The summed E-state index contributed by atoms with van der Waals surface area (Å²) in [5, 5.41) is 0. The second-order valence-corrected chi connectivity index (χ2v) is 10.1. The quantitative estimate of drug-likeness (QED) is 0.732. The standard InChI is InChI=1S/C24H36FN3O2/c1-18-13-19(2)17-28(16-18)23(30)15-24(3,4)14-22(29)27-11-9-26(10-12-27)21-7-5-20(25)6-8-21/h5-8,18-19H,9-17H2,1-4H3/t18-,19+. The number of likely N-dealkylation sites (tertiary alicyclic amines) is 1. The molecule has 0 spiro atoms. The molecule has 2 heterocycles. The van der Waals surface area contributed by atoms with E-state index in [9.17, 15) is 14.0 Å². The summed E-state index contributed by atoms with van der Waals surface area (Å²) in [6.07, 6.45) is 1.97. The van der Waals surface area contributed by atoms with E-state index in [-0.39, 0.29) is 23.0 Å². The van der Waals surface area contributed by atoms with Gasteiger partial charge in [-0.15, -0.1) is 0 Å². The Morgan fingerprint density at radius 2 is 1.40 bits per heavy atom. The molecule has 0 bridgehead atoms. The fraction of sp³-hybridized carbons (Fsp3) is 0.667. The molecular weight excluding hydrogens is 381 g/mol. The summed E-state index contributed by atoms with van der Waals surface area (Å²) in [6.45, 7) is 12.9. The van der Waals surface area contributed by atoms with Crippen molar-refractivity contribution in [3.63, 3.8) is 0 Å². The second kappa shape index (κ2) is 9.36. The molecule has 0 aromatic heterocycles. The summed E-state index contributed by atoms with van der Waals surface area (Å²) in [7, 11) is 0. The van der Waals surface area contributed by atoms with Gasteiger partial charge in [-0.2, -0.15) is 0 Å². The number of benzene rings is 1. The van der Waals surface area contributed by atoms with Crippen molar-refractivity contribution >= 4 is 17.5 Å². The highest BCUT2D eigenvalue weighted by atomic mass is 19.1. The lowest BCUT2D eigenvalue weighted by atomic mass is 9.83. The van der Waals surface area contributed by atoms with E-state index < -0.39 is 0 Å². The van der Waals surface area contributed by atoms with Crippen LogP contribution >= 0.6 is 0 Å². The van der Waals surface area contributed by atoms with Crippen LogP contribution in [0.1, 0.15) is 47.0 Å². The molecule has 30 heavy (non-hydrogen) atoms. The summed E-state index contributed by atoms with van der Waals surface area (Å²) >= 11 is 0. The van der Waals surface area contributed by atoms with E-state index in [1.54, 1.807) is 12.1 Å². The number of carbonyl (C=O) groups is 2. The molecule has 5 nitrogen and oxygen atoms in total. The number of rotatable bonds is 5. The van der Waals surface area contributed by atoms with Crippen LogP contribution in [0, 0.1) is 23.1 Å². The van der Waals surface area contributed by atoms with Gasteiger partial charge in [0.1, 0.15) is 5.82 Å². The van der Waals surface area contributed by atoms with Crippen molar-refractivity contribution < 1.29 is 14.0 Å². The Balaban J connectivity index is 1.48. The highest BCUT2D eigenvalue weighted by Crippen LogP contribution is 2.30. The van der Waals surface area contributed by atoms with Gasteiger partial charge in [-0.05, 0) is 47.9 Å². The van der Waals surface area contributed by atoms with Crippen LogP contribution in [0.25, 0.3) is 0 Å². The highest BCUT2D eigenvalue weighted by molar-refractivity contribution is 5.80. The first-order valence-electron chi connectivity index (χ1n) is 11.2. The van der Waals surface area contributed by atoms with Crippen LogP contribution in [0.4, 0.5) is 10.1 Å². The maximum atomic E-state index is 13.1. The number of carbonyl (C=O) groups excluding carboxylic acids is 2. The number of hydrogen-bond acceptors (Lipinski definition) is 3. The zero-order valence-electron chi connectivity index (χ0n) is 18.9. The van der Waals surface area contributed by atoms with E-state index in [0.717, 1.165) is 31.9 Å². The van der Waals surface area contributed by atoms with Crippen LogP contribution < -0.4 is 4.90 Å². The summed E-state index contributed by atoms with van der Waals surface area (Å²) in [6, 6.07) is 6.50. The Morgan fingerprint density at radius 1 is 0.900 bits per heavy atom. The minimum Gasteiger partial charge on any atom is -0.368 e. The Bertz CT molecular complexity index is 731. The Hall–Kier alpha value is -2.11. The van der Waals surface area contributed by atoms with Crippen molar-refractivity contribution in [2.45, 2.75) is 47.0 Å². The fourth-order valence-corrected chi connectivity index (χ4v) is 4.84. The summed E-state index contributed by atoms with van der Waals surface area (Å²) in [5.41, 5.74) is 0.631. The molecule has 166 valence electrons. The lowest BCUT2D eigenvalue weighted by Crippen LogP contribution is -2.50. The Morgan fingerprint density at radius 3 is 1.93 bits per heavy atom. The molecule has 1 aromatic carbocycles. The minimum absolute atomic E-state index is 0.118. The first kappa shape index (κ1) is 22.6. The topological polar surface area (TPSA) is 43.9 Å². The smallest absolute Gasteiger partial charge is 0.223 e. The summed E-state index contributed by atoms with van der Waals surface area (Å²) < 4.78 is 13.1. The third-order valence-electron chi connectivity index (χ3n) is 6.31. The third-order valence-corrected chi connectivity index (χ3v) is 6.31. The molecule has 2 fully saturated rings. The number of piperazine rings is 1. The average Bonchev–Trinajstić information content (AvgIpc) is 2.67. The van der Waals surface area contributed by atoms with Crippen molar-refractivity contribution in [1.82, 2.24) is 9.80 Å². The van der Waals surface area contributed by atoms with Gasteiger partial charge in [-0.1, -0.05) is 27.7 Å². The van der Waals surface area contributed by atoms with Crippen LogP contribution in [0.15, 0.2) is 24.3 Å². The maximum Gasteiger partial charge on any atom is 0.223 e. The van der Waals surface area contributed by atoms with Gasteiger partial charge < -0.3 is 14.7 Å². The van der Waals surface area contributed by atoms with Crippen LogP contribution in [0.5, 0.6) is 0 Å². The maximum absolute atomic E-state index is 13.1. The zero-order chi connectivity index (χ0) is 21.9. The molecule has 0 saturated carbocycles. The van der Waals surface area contributed by atoms with Gasteiger partial charge in [0, 0.05) is 57.8 Å². The number of anilines is 1. The second-order valence-electron chi connectivity index (χ2n) is 10.1. The largest absolute Gasteiger partial charge is 0.368 e. The molecule has 1 aromatic rings. The number of halogens is 1. The SMILES string of the molecule is C[C@@H]1C[C@H](C)CN(C(=O)CC(C)(C)CC(=O)N2CCN(c3ccc(F)cc3)CC2)C1. The molecule has 3 rings (SSSR count). The molecule has 6 heteroatoms. The first-order valence-corrected chi connectivity index (χ1v) is 11.2. The van der Waals surface area contributed by atoms with Gasteiger partial charge in [0.05, 0.1) is 0 Å². The van der Waals surface area contributed by atoms with Gasteiger partial charge in [-0.3, -0.25) is 9.59 Å². The van der Waals surface area contributed by atoms with Crippen molar-refractivity contribution in [2.24, 2.45) is 17.3 Å². The van der Waals surface area contributed by atoms with E-state index in [1.165, 1.54) is 18.6 Å². The Kier molecular flexibility index (Phi) is 7.04. The van der Waals surface area contributed by atoms with Crippen LogP contribution in [-0.4, -0.2) is 60.9 Å². The molecule has 0 unspecified atom stereocenters. The van der Waals surface area contributed by atoms with E-state index in [0.29, 0.717) is 37.8 Å². The molecule has 2 aliphatic heterocycles. The van der Waals surface area contributed by atoms with E-state index >= 15 is 0 Å². The summed E-state index contributed by atoms with van der Waals surface area (Å²) in [5.74, 6) is 1.14. The zero-order valence-corrected chi connectivity index (χ0v) is 18.9. The number of piperidine rings is 1. The predicted octanol–water partition coefficient (Wildman–Crippen LogP) is 3.79. The Labute approximate surface area is 180 Å². The number of nitrogens with zero attached hydrogens (tertiary/aromatic N) is 3. The average molecular weight is 418 g/mol. The lowest BCUT2D eigenvalue weighted by molar-refractivity contribution is -0.138. The normalized spacial score (nSPS) is 22.9. The number of amides is 2. The molecule has 0 N–H and O–H groups in total. The van der Waals surface area contributed by atoms with E-state index in [4.69, 9.17) is 0 Å². The van der Waals surface area contributed by atoms with Gasteiger partial charge in [0.25, 0.3) is 0 Å². The molecule has 2 aliphatic rings. The first-order chi connectivity index (χ1) is 14.1. The monoisotopic (exact) mass is 417 g/mol. The van der Waals surface area contributed by atoms with Gasteiger partial charge in [0.2, 0.25) is 11.8 Å². The molecule has 0 aliphatic carbocycles. The fourth-order valence-electron chi connectivity index (χ4n) is 4.84. The van der Waals surface area contributed by atoms with E-state index in [2.05, 4.69) is 18.7 Å². The lowest BCUT2D eigenvalue weighted by Gasteiger charge is -2.39. The van der Waals surface area contributed by atoms with Crippen LogP contribution in [0.3, 0.4) is 0 Å². The van der Waals surface area contributed by atoms with Gasteiger partial charge in [-0.25, -0.2) is 4.39 Å². The predicted molar refractivity (Wildman–Crippen MR) is 118 cm³/mol. The van der Waals surface area contributed by atoms with E-state index in [1.807, 2.05) is 23.6 Å². The minimum atomic E-state index is -0.355. The highest BCUT2D eigenvalue weighted by Gasteiger charge is 2.33. The molecule has 2 atom stereocenters. The molecular formula is C24H36FN3O2. The van der Waals surface area contributed by atoms with Crippen molar-refractivity contribution in [3.8, 4) is 0 Å². The van der Waals surface area contributed by atoms with Crippen molar-refractivity contribution in [3.05, 3.63) is 30.1 Å². The summed E-state index contributed by atoms with van der Waals surface area (Å²) in [4.78, 5) is 31.8. The molecule has 0 radical (unpaired) electrons. The van der Waals surface area contributed by atoms with Crippen LogP contribution in [0.2, 0.25) is 0 Å². The van der Waals surface area contributed by atoms with Gasteiger partial charge >= 0.3 is 0 Å². The molecule has 2 saturated heterocycles. The van der Waals surface area contributed by atoms with Gasteiger partial charge in [0.15, 0.2) is 0 Å². The van der Waals surface area contributed by atoms with Crippen LogP contribution in [-0.2, 0) is 9.59 Å². The third kappa shape index (κ3) is 5.96. The van der Waals surface area contributed by atoms with Crippen molar-refractivity contribution in [2.75, 3.05) is 44.2 Å². The molecule has 2 amide bonds. The van der Waals surface area contributed by atoms with Crippen molar-refractivity contribution in [1.29, 1.82) is 0 Å². The number of hydrogen-bond donors (Lipinski definition) is 0.